The van der Waals surface area contributed by atoms with E-state index in [0.29, 0.717) is 12.4 Å². The van der Waals surface area contributed by atoms with E-state index in [1.165, 1.54) is 13.0 Å². The van der Waals surface area contributed by atoms with E-state index in [9.17, 15) is 9.59 Å². The Balaban J connectivity index is 2.66. The first kappa shape index (κ1) is 16.8. The molecular formula is C16H21NO4. The molecule has 114 valence electrons. The predicted octanol–water partition coefficient (Wildman–Crippen LogP) is 2.47. The number of para-hydroxylation sites is 1. The molecule has 1 aromatic carbocycles. The first-order valence-electron chi connectivity index (χ1n) is 6.97. The standard InChI is InChI=1S/C16H21NO4/c1-3-4-11-21-14-8-6-5-7-13(14)9-10-15(18)17-12(2)16(19)20/h5-10,12H,3-4,11H2,1-2H3,(H,17,18)(H,19,20)/b10-9+. The van der Waals surface area contributed by atoms with Gasteiger partial charge < -0.3 is 15.2 Å². The second-order valence-corrected chi connectivity index (χ2v) is 4.64. The number of rotatable bonds is 8. The molecule has 0 radical (unpaired) electrons. The van der Waals surface area contributed by atoms with Gasteiger partial charge in [0.05, 0.1) is 6.61 Å². The Morgan fingerprint density at radius 1 is 1.38 bits per heavy atom. The Labute approximate surface area is 124 Å². The zero-order valence-corrected chi connectivity index (χ0v) is 12.3. The molecule has 0 aliphatic heterocycles. The van der Waals surface area contributed by atoms with E-state index in [4.69, 9.17) is 9.84 Å². The van der Waals surface area contributed by atoms with Crippen molar-refractivity contribution in [1.29, 1.82) is 0 Å². The molecule has 0 aliphatic carbocycles. The van der Waals surface area contributed by atoms with Crippen LogP contribution in [0.3, 0.4) is 0 Å². The van der Waals surface area contributed by atoms with Gasteiger partial charge >= 0.3 is 5.97 Å². The molecule has 0 fully saturated rings. The highest BCUT2D eigenvalue weighted by atomic mass is 16.5. The number of carboxylic acid groups (broad SMARTS) is 1. The van der Waals surface area contributed by atoms with E-state index in [-0.39, 0.29) is 0 Å². The minimum atomic E-state index is -1.07. The molecule has 0 bridgehead atoms. The molecule has 0 spiro atoms. The van der Waals surface area contributed by atoms with Gasteiger partial charge in [-0.05, 0) is 25.5 Å². The summed E-state index contributed by atoms with van der Waals surface area (Å²) in [7, 11) is 0. The van der Waals surface area contributed by atoms with Gasteiger partial charge in [0.25, 0.3) is 0 Å². The number of nitrogens with one attached hydrogen (secondary N) is 1. The van der Waals surface area contributed by atoms with Crippen molar-refractivity contribution in [1.82, 2.24) is 5.32 Å². The lowest BCUT2D eigenvalue weighted by molar-refractivity contribution is -0.140. The first-order chi connectivity index (χ1) is 10.0. The number of aliphatic carboxylic acids is 1. The Morgan fingerprint density at radius 2 is 2.10 bits per heavy atom. The lowest BCUT2D eigenvalue weighted by atomic mass is 10.2. The van der Waals surface area contributed by atoms with Crippen LogP contribution < -0.4 is 10.1 Å². The predicted molar refractivity (Wildman–Crippen MR) is 81.1 cm³/mol. The smallest absolute Gasteiger partial charge is 0.325 e. The molecule has 1 atom stereocenters. The van der Waals surface area contributed by atoms with Crippen molar-refractivity contribution in [3.8, 4) is 5.75 Å². The number of benzene rings is 1. The summed E-state index contributed by atoms with van der Waals surface area (Å²) < 4.78 is 5.65. The highest BCUT2D eigenvalue weighted by molar-refractivity contribution is 5.94. The normalized spacial score (nSPS) is 12.1. The largest absolute Gasteiger partial charge is 0.493 e. The third-order valence-electron chi connectivity index (χ3n) is 2.82. The van der Waals surface area contributed by atoms with Crippen molar-refractivity contribution in [2.75, 3.05) is 6.61 Å². The van der Waals surface area contributed by atoms with Crippen molar-refractivity contribution in [3.63, 3.8) is 0 Å². The number of carbonyl (C=O) groups is 2. The van der Waals surface area contributed by atoms with Gasteiger partial charge in [-0.3, -0.25) is 9.59 Å². The molecule has 0 saturated heterocycles. The van der Waals surface area contributed by atoms with Crippen LogP contribution in [0.4, 0.5) is 0 Å². The van der Waals surface area contributed by atoms with Crippen LogP contribution in [-0.4, -0.2) is 29.6 Å². The van der Waals surface area contributed by atoms with E-state index in [1.54, 1.807) is 6.08 Å². The number of amides is 1. The molecule has 0 aliphatic rings. The summed E-state index contributed by atoms with van der Waals surface area (Å²) in [6.45, 7) is 4.13. The number of hydrogen-bond donors (Lipinski definition) is 2. The fraction of sp³-hybridized carbons (Fsp3) is 0.375. The van der Waals surface area contributed by atoms with Gasteiger partial charge in [-0.25, -0.2) is 0 Å². The Hall–Kier alpha value is -2.30. The third-order valence-corrected chi connectivity index (χ3v) is 2.82. The van der Waals surface area contributed by atoms with Crippen LogP contribution >= 0.6 is 0 Å². The van der Waals surface area contributed by atoms with Crippen LogP contribution in [0.1, 0.15) is 32.3 Å². The van der Waals surface area contributed by atoms with E-state index in [1.807, 2.05) is 24.3 Å². The number of carbonyl (C=O) groups excluding carboxylic acids is 1. The number of ether oxygens (including phenoxy) is 1. The number of carboxylic acids is 1. The summed E-state index contributed by atoms with van der Waals surface area (Å²) in [4.78, 5) is 22.3. The van der Waals surface area contributed by atoms with Crippen LogP contribution in [0.5, 0.6) is 5.75 Å². The monoisotopic (exact) mass is 291 g/mol. The van der Waals surface area contributed by atoms with Crippen molar-refractivity contribution in [3.05, 3.63) is 35.9 Å². The fourth-order valence-corrected chi connectivity index (χ4v) is 1.56. The van der Waals surface area contributed by atoms with Crippen molar-refractivity contribution < 1.29 is 19.4 Å². The molecular weight excluding hydrogens is 270 g/mol. The summed E-state index contributed by atoms with van der Waals surface area (Å²) in [5.74, 6) is -0.811. The molecule has 1 rings (SSSR count). The highest BCUT2D eigenvalue weighted by Gasteiger charge is 2.11. The van der Waals surface area contributed by atoms with Gasteiger partial charge in [0.2, 0.25) is 5.91 Å². The van der Waals surface area contributed by atoms with Gasteiger partial charge in [0.15, 0.2) is 0 Å². The van der Waals surface area contributed by atoms with Crippen LogP contribution in [0.15, 0.2) is 30.3 Å². The molecule has 0 heterocycles. The second kappa shape index (κ2) is 8.79. The quantitative estimate of drug-likeness (QED) is 0.570. The maximum absolute atomic E-state index is 11.6. The maximum atomic E-state index is 11.6. The molecule has 0 aromatic heterocycles. The molecule has 1 amide bonds. The van der Waals surface area contributed by atoms with Crippen molar-refractivity contribution in [2.24, 2.45) is 0 Å². The Bertz CT molecular complexity index is 511. The molecule has 0 saturated carbocycles. The topological polar surface area (TPSA) is 75.6 Å². The number of unbranched alkanes of at least 4 members (excludes halogenated alkanes) is 1. The van der Waals surface area contributed by atoms with Gasteiger partial charge in [0.1, 0.15) is 11.8 Å². The SMILES string of the molecule is CCCCOc1ccccc1/C=C/C(=O)NC(C)C(=O)O. The molecule has 1 aromatic rings. The van der Waals surface area contributed by atoms with Gasteiger partial charge in [-0.15, -0.1) is 0 Å². The van der Waals surface area contributed by atoms with Crippen LogP contribution in [0, 0.1) is 0 Å². The van der Waals surface area contributed by atoms with Crippen molar-refractivity contribution >= 4 is 18.0 Å². The Morgan fingerprint density at radius 3 is 2.76 bits per heavy atom. The zero-order valence-electron chi connectivity index (χ0n) is 12.3. The average Bonchev–Trinajstić information content (AvgIpc) is 2.46. The van der Waals surface area contributed by atoms with E-state index < -0.39 is 17.9 Å². The minimum absolute atomic E-state index is 0.451. The minimum Gasteiger partial charge on any atom is -0.493 e. The first-order valence-corrected chi connectivity index (χ1v) is 6.97. The maximum Gasteiger partial charge on any atom is 0.325 e. The van der Waals surface area contributed by atoms with Gasteiger partial charge in [-0.2, -0.15) is 0 Å². The lowest BCUT2D eigenvalue weighted by Crippen LogP contribution is -2.37. The third kappa shape index (κ3) is 6.12. The Kier molecular flexibility index (Phi) is 7.01. The van der Waals surface area contributed by atoms with Gasteiger partial charge in [0, 0.05) is 11.6 Å². The molecule has 1 unspecified atom stereocenters. The summed E-state index contributed by atoms with van der Waals surface area (Å²) in [5, 5.41) is 11.1. The van der Waals surface area contributed by atoms with Gasteiger partial charge in [-0.1, -0.05) is 31.5 Å². The second-order valence-electron chi connectivity index (χ2n) is 4.64. The lowest BCUT2D eigenvalue weighted by Gasteiger charge is -2.09. The van der Waals surface area contributed by atoms with E-state index >= 15 is 0 Å². The van der Waals surface area contributed by atoms with Crippen molar-refractivity contribution in [2.45, 2.75) is 32.7 Å². The van der Waals surface area contributed by atoms with E-state index in [2.05, 4.69) is 12.2 Å². The summed E-state index contributed by atoms with van der Waals surface area (Å²) in [6, 6.07) is 6.48. The van der Waals surface area contributed by atoms with E-state index in [0.717, 1.165) is 18.4 Å². The highest BCUT2D eigenvalue weighted by Crippen LogP contribution is 2.19. The summed E-state index contributed by atoms with van der Waals surface area (Å²) in [6.07, 6.45) is 4.94. The van der Waals surface area contributed by atoms with Crippen LogP contribution in [-0.2, 0) is 9.59 Å². The molecule has 2 N–H and O–H groups in total. The molecule has 5 heteroatoms. The summed E-state index contributed by atoms with van der Waals surface area (Å²) in [5.41, 5.74) is 0.784. The van der Waals surface area contributed by atoms with Crippen LogP contribution in [0.2, 0.25) is 0 Å². The molecule has 5 nitrogen and oxygen atoms in total. The van der Waals surface area contributed by atoms with Crippen LogP contribution in [0.25, 0.3) is 6.08 Å². The fourth-order valence-electron chi connectivity index (χ4n) is 1.56. The summed E-state index contributed by atoms with van der Waals surface area (Å²) >= 11 is 0. The average molecular weight is 291 g/mol. The zero-order chi connectivity index (χ0) is 15.7. The molecule has 21 heavy (non-hydrogen) atoms. The number of hydrogen-bond acceptors (Lipinski definition) is 3.